The number of hydrogen-bond donors (Lipinski definition) is 0. The molecule has 0 spiro atoms. The van der Waals surface area contributed by atoms with Gasteiger partial charge in [0.15, 0.2) is 5.82 Å². The highest BCUT2D eigenvalue weighted by Crippen LogP contribution is 2.38. The number of hydrogen-bond acceptors (Lipinski definition) is 6. The van der Waals surface area contributed by atoms with Crippen molar-refractivity contribution < 1.29 is 18.3 Å². The van der Waals surface area contributed by atoms with Crippen molar-refractivity contribution >= 4 is 11.7 Å². The molecule has 0 fully saturated rings. The Hall–Kier alpha value is -3.75. The molecule has 1 aromatic carbocycles. The zero-order valence-electron chi connectivity index (χ0n) is 25.0. The van der Waals surface area contributed by atoms with Gasteiger partial charge in [0.05, 0.1) is 28.1 Å². The van der Waals surface area contributed by atoms with E-state index in [2.05, 4.69) is 29.0 Å². The minimum atomic E-state index is -0.674. The fraction of sp³-hybridized carbons (Fsp3) is 0.469. The maximum atomic E-state index is 14.6. The fourth-order valence-corrected chi connectivity index (χ4v) is 5.14. The van der Waals surface area contributed by atoms with Gasteiger partial charge in [-0.05, 0) is 95.2 Å². The number of rotatable bonds is 7. The Morgan fingerprint density at radius 1 is 1.05 bits per heavy atom. The SMILES string of the molecule is CCC(CC)c1cc(-c2c(F)cccc2F)nnc1C(C)(C)c1ccnc(C2=CCN(C(=O)OC(C)(C)C)CC2)n1. The molecule has 0 atom stereocenters. The van der Waals surface area contributed by atoms with Crippen LogP contribution in [0.15, 0.2) is 42.6 Å². The van der Waals surface area contributed by atoms with Crippen molar-refractivity contribution in [1.82, 2.24) is 25.1 Å². The van der Waals surface area contributed by atoms with Gasteiger partial charge in [-0.25, -0.2) is 23.5 Å². The molecule has 0 radical (unpaired) electrons. The van der Waals surface area contributed by atoms with Crippen molar-refractivity contribution in [3.63, 3.8) is 0 Å². The highest BCUT2D eigenvalue weighted by molar-refractivity contribution is 5.71. The standard InChI is InChI=1S/C32H39F2N5O2/c1-8-20(9-2)22-19-25(27-23(33)11-10-12-24(27)34)37-38-28(22)32(6,7)26-13-16-35-29(36-26)21-14-17-39(18-15-21)30(40)41-31(3,4)5/h10-14,16,19-20H,8-9,15,17-18H2,1-7H3. The van der Waals surface area contributed by atoms with Crippen LogP contribution in [0.5, 0.6) is 0 Å². The highest BCUT2D eigenvalue weighted by Gasteiger charge is 2.33. The quantitative estimate of drug-likeness (QED) is 0.297. The van der Waals surface area contributed by atoms with Crippen molar-refractivity contribution in [3.8, 4) is 11.3 Å². The average molecular weight is 564 g/mol. The first-order valence-electron chi connectivity index (χ1n) is 14.2. The molecule has 0 aliphatic carbocycles. The number of benzene rings is 1. The molecule has 218 valence electrons. The van der Waals surface area contributed by atoms with E-state index in [1.165, 1.54) is 18.2 Å². The Balaban J connectivity index is 1.69. The summed E-state index contributed by atoms with van der Waals surface area (Å²) in [7, 11) is 0. The number of halogens is 2. The van der Waals surface area contributed by atoms with Crippen molar-refractivity contribution in [1.29, 1.82) is 0 Å². The molecular weight excluding hydrogens is 524 g/mol. The Morgan fingerprint density at radius 3 is 2.32 bits per heavy atom. The topological polar surface area (TPSA) is 81.1 Å². The molecule has 3 aromatic rings. The van der Waals surface area contributed by atoms with E-state index in [4.69, 9.17) is 9.72 Å². The third-order valence-electron chi connectivity index (χ3n) is 7.50. The van der Waals surface area contributed by atoms with Gasteiger partial charge in [-0.3, -0.25) is 0 Å². The molecular formula is C32H39F2N5O2. The smallest absolute Gasteiger partial charge is 0.410 e. The lowest BCUT2D eigenvalue weighted by atomic mass is 9.78. The summed E-state index contributed by atoms with van der Waals surface area (Å²) in [5.41, 5.74) is 2.10. The third-order valence-corrected chi connectivity index (χ3v) is 7.50. The zero-order chi connectivity index (χ0) is 29.9. The molecule has 1 aliphatic heterocycles. The van der Waals surface area contributed by atoms with Crippen LogP contribution in [0.4, 0.5) is 13.6 Å². The van der Waals surface area contributed by atoms with Gasteiger partial charge in [0.2, 0.25) is 0 Å². The van der Waals surface area contributed by atoms with Gasteiger partial charge >= 0.3 is 6.09 Å². The van der Waals surface area contributed by atoms with Gasteiger partial charge in [-0.1, -0.05) is 26.0 Å². The van der Waals surface area contributed by atoms with E-state index in [1.807, 2.05) is 46.8 Å². The van der Waals surface area contributed by atoms with E-state index < -0.39 is 22.7 Å². The number of aromatic nitrogens is 4. The predicted octanol–water partition coefficient (Wildman–Crippen LogP) is 7.47. The number of carbonyl (C=O) groups excluding carboxylic acids is 1. The van der Waals surface area contributed by atoms with Crippen LogP contribution in [0, 0.1) is 11.6 Å². The van der Waals surface area contributed by atoms with Gasteiger partial charge < -0.3 is 9.64 Å². The van der Waals surface area contributed by atoms with E-state index >= 15 is 0 Å². The van der Waals surface area contributed by atoms with Crippen LogP contribution in [-0.2, 0) is 10.2 Å². The molecule has 41 heavy (non-hydrogen) atoms. The Kier molecular flexibility index (Phi) is 8.85. The minimum Gasteiger partial charge on any atom is -0.444 e. The number of nitrogens with zero attached hydrogens (tertiary/aromatic N) is 5. The summed E-state index contributed by atoms with van der Waals surface area (Å²) >= 11 is 0. The monoisotopic (exact) mass is 563 g/mol. The number of ether oxygens (including phenoxy) is 1. The van der Waals surface area contributed by atoms with Gasteiger partial charge in [-0.2, -0.15) is 5.10 Å². The molecule has 0 unspecified atom stereocenters. The second-order valence-corrected chi connectivity index (χ2v) is 11.9. The maximum absolute atomic E-state index is 14.6. The van der Waals surface area contributed by atoms with Crippen LogP contribution in [0.25, 0.3) is 16.8 Å². The van der Waals surface area contributed by atoms with Gasteiger partial charge in [0.1, 0.15) is 17.2 Å². The fourth-order valence-electron chi connectivity index (χ4n) is 5.14. The summed E-state index contributed by atoms with van der Waals surface area (Å²) < 4.78 is 34.8. The lowest BCUT2D eigenvalue weighted by molar-refractivity contribution is 0.0270. The van der Waals surface area contributed by atoms with Gasteiger partial charge in [0.25, 0.3) is 0 Å². The number of amides is 1. The molecule has 7 nitrogen and oxygen atoms in total. The molecule has 0 N–H and O–H groups in total. The second kappa shape index (κ2) is 12.0. The molecule has 2 aromatic heterocycles. The second-order valence-electron chi connectivity index (χ2n) is 11.9. The molecule has 9 heteroatoms. The first kappa shape index (κ1) is 30.2. The van der Waals surface area contributed by atoms with E-state index in [1.54, 1.807) is 17.2 Å². The molecule has 1 amide bonds. The van der Waals surface area contributed by atoms with Crippen molar-refractivity contribution in [2.45, 2.75) is 84.7 Å². The van der Waals surface area contributed by atoms with Crippen molar-refractivity contribution in [2.75, 3.05) is 13.1 Å². The summed E-state index contributed by atoms with van der Waals surface area (Å²) in [4.78, 5) is 23.6. The van der Waals surface area contributed by atoms with Crippen LogP contribution in [0.3, 0.4) is 0 Å². The lowest BCUT2D eigenvalue weighted by Gasteiger charge is -2.30. The van der Waals surface area contributed by atoms with Crippen LogP contribution in [0.1, 0.15) is 96.4 Å². The van der Waals surface area contributed by atoms with E-state index in [0.29, 0.717) is 31.0 Å². The first-order chi connectivity index (χ1) is 19.4. The van der Waals surface area contributed by atoms with E-state index in [9.17, 15) is 13.6 Å². The zero-order valence-corrected chi connectivity index (χ0v) is 25.0. The van der Waals surface area contributed by atoms with Crippen LogP contribution in [-0.4, -0.2) is 49.8 Å². The van der Waals surface area contributed by atoms with Crippen molar-refractivity contribution in [3.05, 3.63) is 77.0 Å². The predicted molar refractivity (Wildman–Crippen MR) is 155 cm³/mol. The van der Waals surface area contributed by atoms with E-state index in [0.717, 1.165) is 29.7 Å². The van der Waals surface area contributed by atoms with Gasteiger partial charge in [0, 0.05) is 19.3 Å². The average Bonchev–Trinajstić information content (AvgIpc) is 2.93. The van der Waals surface area contributed by atoms with Crippen LogP contribution < -0.4 is 0 Å². The Morgan fingerprint density at radius 2 is 1.73 bits per heavy atom. The molecule has 0 saturated heterocycles. The molecule has 4 rings (SSSR count). The first-order valence-corrected chi connectivity index (χ1v) is 14.2. The van der Waals surface area contributed by atoms with Crippen LogP contribution >= 0.6 is 0 Å². The highest BCUT2D eigenvalue weighted by atomic mass is 19.1. The van der Waals surface area contributed by atoms with Crippen molar-refractivity contribution in [2.24, 2.45) is 0 Å². The van der Waals surface area contributed by atoms with Gasteiger partial charge in [-0.15, -0.1) is 5.10 Å². The van der Waals surface area contributed by atoms with E-state index in [-0.39, 0.29) is 23.3 Å². The molecule has 3 heterocycles. The molecule has 1 aliphatic rings. The Labute approximate surface area is 241 Å². The molecule has 0 saturated carbocycles. The normalized spacial score (nSPS) is 14.3. The summed E-state index contributed by atoms with van der Waals surface area (Å²) in [5.74, 6) is -0.627. The summed E-state index contributed by atoms with van der Waals surface area (Å²) in [5, 5.41) is 8.89. The third kappa shape index (κ3) is 6.60. The maximum Gasteiger partial charge on any atom is 0.410 e. The summed E-state index contributed by atoms with van der Waals surface area (Å²) in [6.07, 6.45) is 5.63. The molecule has 0 bridgehead atoms. The number of carbonyl (C=O) groups is 1. The minimum absolute atomic E-state index is 0.120. The lowest BCUT2D eigenvalue weighted by Crippen LogP contribution is -2.39. The Bertz CT molecular complexity index is 1420. The summed E-state index contributed by atoms with van der Waals surface area (Å²) in [6, 6.07) is 7.43. The van der Waals surface area contributed by atoms with Crippen LogP contribution in [0.2, 0.25) is 0 Å². The summed E-state index contributed by atoms with van der Waals surface area (Å²) in [6.45, 7) is 14.7. The largest absolute Gasteiger partial charge is 0.444 e.